The zero-order valence-corrected chi connectivity index (χ0v) is 12.4. The van der Waals surface area contributed by atoms with Crippen molar-refractivity contribution in [3.8, 4) is 5.75 Å². The smallest absolute Gasteiger partial charge is 0.301 e. The number of nitrogens with one attached hydrogen (secondary N) is 1. The number of rotatable bonds is 8. The summed E-state index contributed by atoms with van der Waals surface area (Å²) in [6.07, 6.45) is 2.38. The Bertz CT molecular complexity index is 544. The van der Waals surface area contributed by atoms with Crippen LogP contribution in [-0.2, 0) is 10.2 Å². The Labute approximate surface area is 120 Å². The predicted molar refractivity (Wildman–Crippen MR) is 79.1 cm³/mol. The summed E-state index contributed by atoms with van der Waals surface area (Å²) in [6.45, 7) is 0.767. The minimum atomic E-state index is -3.57. The van der Waals surface area contributed by atoms with Crippen LogP contribution in [0.2, 0.25) is 0 Å². The lowest BCUT2D eigenvalue weighted by Gasteiger charge is -2.26. The number of anilines is 1. The van der Waals surface area contributed by atoms with E-state index < -0.39 is 10.2 Å². The first kappa shape index (κ1) is 15.1. The third kappa shape index (κ3) is 3.62. The zero-order valence-electron chi connectivity index (χ0n) is 11.6. The summed E-state index contributed by atoms with van der Waals surface area (Å²) >= 11 is 0. The topological polar surface area (TPSA) is 84.7 Å². The molecule has 0 aliphatic heterocycles. The molecular weight excluding hydrogens is 278 g/mol. The molecule has 0 heterocycles. The van der Waals surface area contributed by atoms with Crippen molar-refractivity contribution in [1.29, 1.82) is 0 Å². The van der Waals surface area contributed by atoms with E-state index in [-0.39, 0.29) is 6.04 Å². The second-order valence-electron chi connectivity index (χ2n) is 4.78. The molecule has 20 heavy (non-hydrogen) atoms. The molecule has 0 aromatic heterocycles. The molecule has 2 rings (SSSR count). The first-order chi connectivity index (χ1) is 9.58. The first-order valence-electron chi connectivity index (χ1n) is 6.71. The third-order valence-corrected chi connectivity index (χ3v) is 4.69. The fourth-order valence-electron chi connectivity index (χ4n) is 1.92. The molecule has 0 unspecified atom stereocenters. The lowest BCUT2D eigenvalue weighted by molar-refractivity contribution is 0.415. The Morgan fingerprint density at radius 3 is 2.70 bits per heavy atom. The second-order valence-corrected chi connectivity index (χ2v) is 6.41. The van der Waals surface area contributed by atoms with E-state index in [1.165, 1.54) is 11.4 Å². The minimum absolute atomic E-state index is 0.0649. The number of methoxy groups -OCH3 is 1. The Morgan fingerprint density at radius 2 is 2.10 bits per heavy atom. The molecule has 0 spiro atoms. The Balaban J connectivity index is 2.30. The molecular formula is C13H21N3O3S. The van der Waals surface area contributed by atoms with Gasteiger partial charge >= 0.3 is 10.2 Å². The molecule has 0 bridgehead atoms. The van der Waals surface area contributed by atoms with Gasteiger partial charge in [0.15, 0.2) is 0 Å². The summed E-state index contributed by atoms with van der Waals surface area (Å²) < 4.78 is 34.2. The van der Waals surface area contributed by atoms with Gasteiger partial charge in [0.2, 0.25) is 0 Å². The van der Waals surface area contributed by atoms with Gasteiger partial charge in [0.05, 0.1) is 12.8 Å². The molecule has 6 nitrogen and oxygen atoms in total. The van der Waals surface area contributed by atoms with Crippen LogP contribution >= 0.6 is 0 Å². The molecule has 1 fully saturated rings. The van der Waals surface area contributed by atoms with Crippen LogP contribution in [0.4, 0.5) is 5.69 Å². The van der Waals surface area contributed by atoms with Crippen molar-refractivity contribution >= 4 is 15.9 Å². The Hall–Kier alpha value is -1.31. The highest BCUT2D eigenvalue weighted by Crippen LogP contribution is 2.30. The van der Waals surface area contributed by atoms with Gasteiger partial charge in [-0.25, -0.2) is 0 Å². The Kier molecular flexibility index (Phi) is 4.85. The SMILES string of the molecule is COc1ccccc1N(CCCN)S(=O)(=O)NC1CC1. The summed E-state index contributed by atoms with van der Waals surface area (Å²) in [4.78, 5) is 0. The van der Waals surface area contributed by atoms with Gasteiger partial charge in [-0.05, 0) is 37.9 Å². The fourth-order valence-corrected chi connectivity index (χ4v) is 3.48. The van der Waals surface area contributed by atoms with Crippen molar-refractivity contribution in [3.05, 3.63) is 24.3 Å². The maximum atomic E-state index is 12.5. The number of para-hydroxylation sites is 2. The van der Waals surface area contributed by atoms with Gasteiger partial charge in [0, 0.05) is 12.6 Å². The van der Waals surface area contributed by atoms with Crippen molar-refractivity contribution in [3.63, 3.8) is 0 Å². The molecule has 1 aliphatic carbocycles. The van der Waals surface area contributed by atoms with Crippen LogP contribution in [0.5, 0.6) is 5.75 Å². The molecule has 1 saturated carbocycles. The molecule has 1 aliphatic rings. The maximum Gasteiger partial charge on any atom is 0.301 e. The van der Waals surface area contributed by atoms with Gasteiger partial charge in [-0.3, -0.25) is 4.31 Å². The lowest BCUT2D eigenvalue weighted by atomic mass is 10.3. The van der Waals surface area contributed by atoms with Crippen molar-refractivity contribution in [2.24, 2.45) is 5.73 Å². The lowest BCUT2D eigenvalue weighted by Crippen LogP contribution is -2.43. The minimum Gasteiger partial charge on any atom is -0.495 e. The van der Waals surface area contributed by atoms with Crippen molar-refractivity contribution in [2.75, 3.05) is 24.5 Å². The van der Waals surface area contributed by atoms with E-state index >= 15 is 0 Å². The van der Waals surface area contributed by atoms with Gasteiger partial charge in [-0.1, -0.05) is 12.1 Å². The normalized spacial score (nSPS) is 15.1. The fraction of sp³-hybridized carbons (Fsp3) is 0.538. The summed E-state index contributed by atoms with van der Waals surface area (Å²) in [5, 5.41) is 0. The quantitative estimate of drug-likeness (QED) is 0.745. The molecule has 0 saturated heterocycles. The van der Waals surface area contributed by atoms with E-state index in [0.29, 0.717) is 30.9 Å². The monoisotopic (exact) mass is 299 g/mol. The molecule has 3 N–H and O–H groups in total. The van der Waals surface area contributed by atoms with Gasteiger partial charge in [-0.15, -0.1) is 0 Å². The molecule has 0 radical (unpaired) electrons. The van der Waals surface area contributed by atoms with Crippen LogP contribution in [0.25, 0.3) is 0 Å². The number of benzene rings is 1. The average Bonchev–Trinajstić information content (AvgIpc) is 3.22. The molecule has 7 heteroatoms. The molecule has 0 atom stereocenters. The molecule has 1 aromatic rings. The standard InChI is InChI=1S/C13H21N3O3S/c1-19-13-6-3-2-5-12(13)16(10-4-9-14)20(17,18)15-11-7-8-11/h2-3,5-6,11,15H,4,7-10,14H2,1H3. The molecule has 0 amide bonds. The number of hydrogen-bond acceptors (Lipinski definition) is 4. The largest absolute Gasteiger partial charge is 0.495 e. The number of nitrogens with zero attached hydrogens (tertiary/aromatic N) is 1. The zero-order chi connectivity index (χ0) is 14.6. The Morgan fingerprint density at radius 1 is 1.40 bits per heavy atom. The second kappa shape index (κ2) is 6.43. The van der Waals surface area contributed by atoms with Gasteiger partial charge in [0.1, 0.15) is 5.75 Å². The van der Waals surface area contributed by atoms with E-state index in [0.717, 1.165) is 12.8 Å². The van der Waals surface area contributed by atoms with Crippen LogP contribution in [0.1, 0.15) is 19.3 Å². The number of nitrogens with two attached hydrogens (primary N) is 1. The van der Waals surface area contributed by atoms with Gasteiger partial charge in [-0.2, -0.15) is 13.1 Å². The third-order valence-electron chi connectivity index (χ3n) is 3.10. The van der Waals surface area contributed by atoms with E-state index in [4.69, 9.17) is 10.5 Å². The molecule has 1 aromatic carbocycles. The van der Waals surface area contributed by atoms with Crippen molar-refractivity contribution < 1.29 is 13.2 Å². The first-order valence-corrected chi connectivity index (χ1v) is 8.15. The van der Waals surface area contributed by atoms with E-state index in [2.05, 4.69) is 4.72 Å². The van der Waals surface area contributed by atoms with Gasteiger partial charge < -0.3 is 10.5 Å². The van der Waals surface area contributed by atoms with E-state index in [1.54, 1.807) is 18.2 Å². The number of hydrogen-bond donors (Lipinski definition) is 2. The van der Waals surface area contributed by atoms with Crippen molar-refractivity contribution in [1.82, 2.24) is 4.72 Å². The maximum absolute atomic E-state index is 12.5. The van der Waals surface area contributed by atoms with Crippen LogP contribution in [0.15, 0.2) is 24.3 Å². The predicted octanol–water partition coefficient (Wildman–Crippen LogP) is 0.847. The summed E-state index contributed by atoms with van der Waals surface area (Å²) in [6, 6.07) is 7.15. The summed E-state index contributed by atoms with van der Waals surface area (Å²) in [5.41, 5.74) is 6.05. The molecule has 112 valence electrons. The summed E-state index contributed by atoms with van der Waals surface area (Å²) in [7, 11) is -2.04. The van der Waals surface area contributed by atoms with Crippen LogP contribution in [0.3, 0.4) is 0 Å². The van der Waals surface area contributed by atoms with Gasteiger partial charge in [0.25, 0.3) is 0 Å². The van der Waals surface area contributed by atoms with Crippen LogP contribution < -0.4 is 19.5 Å². The van der Waals surface area contributed by atoms with Crippen LogP contribution in [0, 0.1) is 0 Å². The highest BCUT2D eigenvalue weighted by Gasteiger charge is 2.32. The highest BCUT2D eigenvalue weighted by atomic mass is 32.2. The van der Waals surface area contributed by atoms with E-state index in [1.807, 2.05) is 6.07 Å². The van der Waals surface area contributed by atoms with E-state index in [9.17, 15) is 8.42 Å². The average molecular weight is 299 g/mol. The summed E-state index contributed by atoms with van der Waals surface area (Å²) in [5.74, 6) is 0.533. The van der Waals surface area contributed by atoms with Crippen molar-refractivity contribution in [2.45, 2.75) is 25.3 Å². The highest BCUT2D eigenvalue weighted by molar-refractivity contribution is 7.90. The number of ether oxygens (including phenoxy) is 1. The van der Waals surface area contributed by atoms with Crippen LogP contribution in [-0.4, -0.2) is 34.7 Å².